The minimum atomic E-state index is 0.336. The smallest absolute Gasteiger partial charge is 0.0104 e. The van der Waals surface area contributed by atoms with Crippen molar-refractivity contribution in [1.82, 2.24) is 4.90 Å². The molecule has 3 nitrogen and oxygen atoms in total. The third kappa shape index (κ3) is 2.15. The Kier molecular flexibility index (Phi) is 3.30. The molecule has 0 aliphatic carbocycles. The second-order valence-corrected chi connectivity index (χ2v) is 3.34. The van der Waals surface area contributed by atoms with Crippen molar-refractivity contribution in [3.05, 3.63) is 0 Å². The molecule has 0 unspecified atom stereocenters. The van der Waals surface area contributed by atoms with Gasteiger partial charge in [-0.3, -0.25) is 0 Å². The molecule has 2 atom stereocenters. The maximum absolute atomic E-state index is 5.90. The van der Waals surface area contributed by atoms with Crippen LogP contribution in [-0.2, 0) is 0 Å². The molecule has 1 aliphatic heterocycles. The molecule has 1 heterocycles. The number of piperidine rings is 1. The van der Waals surface area contributed by atoms with Gasteiger partial charge in [0.15, 0.2) is 0 Å². The monoisotopic (exact) mass is 157 g/mol. The standard InChI is InChI=1S/C8H19N3/c1-2-11-4-3-8(10)7(5-9)6-11/h7-8H,2-6,9-10H2,1H3/t7-,8+/m0/s1. The fourth-order valence-electron chi connectivity index (χ4n) is 1.66. The zero-order chi connectivity index (χ0) is 8.27. The molecule has 3 heteroatoms. The summed E-state index contributed by atoms with van der Waals surface area (Å²) in [5, 5.41) is 0. The van der Waals surface area contributed by atoms with Gasteiger partial charge in [-0.15, -0.1) is 0 Å². The lowest BCUT2D eigenvalue weighted by Gasteiger charge is -2.35. The molecule has 0 spiro atoms. The lowest BCUT2D eigenvalue weighted by molar-refractivity contribution is 0.166. The number of hydrogen-bond acceptors (Lipinski definition) is 3. The van der Waals surface area contributed by atoms with Gasteiger partial charge in [0.05, 0.1) is 0 Å². The van der Waals surface area contributed by atoms with Gasteiger partial charge < -0.3 is 16.4 Å². The van der Waals surface area contributed by atoms with E-state index in [1.165, 1.54) is 0 Å². The summed E-state index contributed by atoms with van der Waals surface area (Å²) in [6, 6.07) is 0.336. The molecule has 0 aromatic rings. The van der Waals surface area contributed by atoms with Crippen molar-refractivity contribution < 1.29 is 0 Å². The van der Waals surface area contributed by atoms with E-state index in [0.717, 1.165) is 32.6 Å². The summed E-state index contributed by atoms with van der Waals surface area (Å²) >= 11 is 0. The Morgan fingerprint density at radius 3 is 2.82 bits per heavy atom. The summed E-state index contributed by atoms with van der Waals surface area (Å²) in [6.45, 7) is 6.29. The van der Waals surface area contributed by atoms with Gasteiger partial charge in [-0.2, -0.15) is 0 Å². The molecule has 0 amide bonds. The van der Waals surface area contributed by atoms with Gasteiger partial charge in [-0.05, 0) is 32.0 Å². The molecule has 0 aromatic heterocycles. The minimum absolute atomic E-state index is 0.336. The zero-order valence-electron chi connectivity index (χ0n) is 7.29. The van der Waals surface area contributed by atoms with Crippen molar-refractivity contribution in [2.75, 3.05) is 26.2 Å². The van der Waals surface area contributed by atoms with Crippen LogP contribution in [0.3, 0.4) is 0 Å². The predicted molar refractivity (Wildman–Crippen MR) is 47.3 cm³/mol. The molecule has 0 saturated carbocycles. The van der Waals surface area contributed by atoms with Gasteiger partial charge >= 0.3 is 0 Å². The number of hydrogen-bond donors (Lipinski definition) is 2. The molecule has 11 heavy (non-hydrogen) atoms. The Bertz CT molecular complexity index is 116. The van der Waals surface area contributed by atoms with E-state index in [4.69, 9.17) is 11.5 Å². The predicted octanol–water partition coefficient (Wildman–Crippen LogP) is -0.386. The lowest BCUT2D eigenvalue weighted by Crippen LogP contribution is -2.49. The van der Waals surface area contributed by atoms with E-state index in [-0.39, 0.29) is 0 Å². The average Bonchev–Trinajstić information content (AvgIpc) is 2.05. The Balaban J connectivity index is 2.37. The van der Waals surface area contributed by atoms with Crippen molar-refractivity contribution in [3.63, 3.8) is 0 Å². The first-order valence-electron chi connectivity index (χ1n) is 4.46. The highest BCUT2D eigenvalue weighted by Crippen LogP contribution is 2.13. The number of rotatable bonds is 2. The fraction of sp³-hybridized carbons (Fsp3) is 1.00. The van der Waals surface area contributed by atoms with Crippen LogP contribution in [0, 0.1) is 5.92 Å². The summed E-state index contributed by atoms with van der Waals surface area (Å²) in [7, 11) is 0. The number of likely N-dealkylation sites (tertiary alicyclic amines) is 1. The molecule has 0 bridgehead atoms. The minimum Gasteiger partial charge on any atom is -0.330 e. The van der Waals surface area contributed by atoms with Crippen molar-refractivity contribution >= 4 is 0 Å². The molecule has 1 rings (SSSR count). The molecular weight excluding hydrogens is 138 g/mol. The fourth-order valence-corrected chi connectivity index (χ4v) is 1.66. The summed E-state index contributed by atoms with van der Waals surface area (Å²) in [4.78, 5) is 2.42. The van der Waals surface area contributed by atoms with Crippen LogP contribution < -0.4 is 11.5 Å². The summed E-state index contributed by atoms with van der Waals surface area (Å²) in [5.74, 6) is 0.517. The van der Waals surface area contributed by atoms with E-state index in [9.17, 15) is 0 Å². The first-order valence-corrected chi connectivity index (χ1v) is 4.46. The molecule has 66 valence electrons. The van der Waals surface area contributed by atoms with E-state index in [1.807, 2.05) is 0 Å². The highest BCUT2D eigenvalue weighted by atomic mass is 15.1. The molecule has 0 aromatic carbocycles. The van der Waals surface area contributed by atoms with Crippen LogP contribution in [0.15, 0.2) is 0 Å². The normalized spacial score (nSPS) is 34.1. The van der Waals surface area contributed by atoms with Gasteiger partial charge in [0.1, 0.15) is 0 Å². The first-order chi connectivity index (χ1) is 5.27. The van der Waals surface area contributed by atoms with Crippen LogP contribution in [0.4, 0.5) is 0 Å². The average molecular weight is 157 g/mol. The topological polar surface area (TPSA) is 55.3 Å². The largest absolute Gasteiger partial charge is 0.330 e. The van der Waals surface area contributed by atoms with Gasteiger partial charge in [0, 0.05) is 12.6 Å². The van der Waals surface area contributed by atoms with Crippen molar-refractivity contribution in [2.24, 2.45) is 17.4 Å². The van der Waals surface area contributed by atoms with Crippen LogP contribution in [0.5, 0.6) is 0 Å². The van der Waals surface area contributed by atoms with E-state index < -0.39 is 0 Å². The van der Waals surface area contributed by atoms with E-state index in [1.54, 1.807) is 0 Å². The quantitative estimate of drug-likeness (QED) is 0.574. The maximum atomic E-state index is 5.90. The number of nitrogens with zero attached hydrogens (tertiary/aromatic N) is 1. The van der Waals surface area contributed by atoms with E-state index in [2.05, 4.69) is 11.8 Å². The molecule has 0 radical (unpaired) electrons. The van der Waals surface area contributed by atoms with Crippen LogP contribution in [-0.4, -0.2) is 37.1 Å². The lowest BCUT2D eigenvalue weighted by atomic mass is 9.93. The highest BCUT2D eigenvalue weighted by molar-refractivity contribution is 4.82. The Morgan fingerprint density at radius 1 is 1.55 bits per heavy atom. The Hall–Kier alpha value is -0.120. The maximum Gasteiger partial charge on any atom is 0.0104 e. The van der Waals surface area contributed by atoms with Gasteiger partial charge in [0.2, 0.25) is 0 Å². The van der Waals surface area contributed by atoms with E-state index >= 15 is 0 Å². The second-order valence-electron chi connectivity index (χ2n) is 3.34. The SMILES string of the molecule is CCN1CC[C@@H](N)[C@@H](CN)C1. The van der Waals surface area contributed by atoms with Crippen molar-refractivity contribution in [3.8, 4) is 0 Å². The third-order valence-electron chi connectivity index (χ3n) is 2.63. The molecule has 1 saturated heterocycles. The van der Waals surface area contributed by atoms with Crippen LogP contribution >= 0.6 is 0 Å². The molecule has 4 N–H and O–H groups in total. The van der Waals surface area contributed by atoms with Crippen molar-refractivity contribution in [2.45, 2.75) is 19.4 Å². The molecular formula is C8H19N3. The van der Waals surface area contributed by atoms with E-state index in [0.29, 0.717) is 12.0 Å². The number of nitrogens with two attached hydrogens (primary N) is 2. The molecule has 1 aliphatic rings. The zero-order valence-corrected chi connectivity index (χ0v) is 7.29. The van der Waals surface area contributed by atoms with Gasteiger partial charge in [-0.1, -0.05) is 6.92 Å². The van der Waals surface area contributed by atoms with Gasteiger partial charge in [0.25, 0.3) is 0 Å². The van der Waals surface area contributed by atoms with Crippen LogP contribution in [0.1, 0.15) is 13.3 Å². The van der Waals surface area contributed by atoms with Crippen LogP contribution in [0.25, 0.3) is 0 Å². The first kappa shape index (κ1) is 8.97. The second kappa shape index (κ2) is 4.04. The Labute approximate surface area is 68.7 Å². The highest BCUT2D eigenvalue weighted by Gasteiger charge is 2.24. The molecule has 1 fully saturated rings. The Morgan fingerprint density at radius 2 is 2.27 bits per heavy atom. The summed E-state index contributed by atoms with van der Waals surface area (Å²) < 4.78 is 0. The van der Waals surface area contributed by atoms with Crippen LogP contribution in [0.2, 0.25) is 0 Å². The third-order valence-corrected chi connectivity index (χ3v) is 2.63. The van der Waals surface area contributed by atoms with Crippen molar-refractivity contribution in [1.29, 1.82) is 0 Å². The van der Waals surface area contributed by atoms with Gasteiger partial charge in [-0.25, -0.2) is 0 Å². The summed E-state index contributed by atoms with van der Waals surface area (Å²) in [5.41, 5.74) is 11.5. The summed E-state index contributed by atoms with van der Waals surface area (Å²) in [6.07, 6.45) is 1.11.